The third kappa shape index (κ3) is 6.07. The summed E-state index contributed by atoms with van der Waals surface area (Å²) in [4.78, 5) is 2.87. The standard InChI is InChI=1S/C63H67NO/c1-2-13-41(14-3-1)50-20-12-21-55-56-38-43(29-36-61(56)65-62(50)55)40-27-30-45(31-28-40)64(46-32-34-49-44(37-46)26-25-42-15-4-5-16-48(42)49)47-33-35-54-53-19-8-11-24-59(53)63(60(54)39-47)57-22-9-6-17-51(57)52-18-7-10-23-58(52)63/h1-2,4-9,15-16,18-20,22,29-30,32-38,40-41,47,51-53,55-56,58-59,61-62H,3,10-14,17,21,23-28,31,39H2/t40?,41?,47?,51?,52?,53?,55?,56?,58?,59?,61?,62?,63-/m1/s1. The number of rotatable bonds is 5. The summed E-state index contributed by atoms with van der Waals surface area (Å²) in [6.07, 6.45) is 60.9. The van der Waals surface area contributed by atoms with Crippen molar-refractivity contribution in [3.05, 3.63) is 184 Å². The second-order valence-electron chi connectivity index (χ2n) is 22.2. The van der Waals surface area contributed by atoms with Gasteiger partial charge in [-0.1, -0.05) is 139 Å². The van der Waals surface area contributed by atoms with Crippen LogP contribution in [-0.2, 0) is 17.6 Å². The smallest absolute Gasteiger partial charge is 0.0833 e. The minimum atomic E-state index is 0.179. The van der Waals surface area contributed by atoms with Crippen molar-refractivity contribution < 1.29 is 4.74 Å². The molecule has 1 aliphatic heterocycles. The minimum absolute atomic E-state index is 0.179. The van der Waals surface area contributed by atoms with Gasteiger partial charge in [0.15, 0.2) is 0 Å². The van der Waals surface area contributed by atoms with Gasteiger partial charge in [0.1, 0.15) is 0 Å². The predicted molar refractivity (Wildman–Crippen MR) is 267 cm³/mol. The third-order valence-corrected chi connectivity index (χ3v) is 19.5. The van der Waals surface area contributed by atoms with E-state index in [0.29, 0.717) is 65.4 Å². The van der Waals surface area contributed by atoms with Crippen molar-refractivity contribution in [2.24, 2.45) is 58.7 Å². The van der Waals surface area contributed by atoms with Crippen LogP contribution in [0.25, 0.3) is 11.1 Å². The van der Waals surface area contributed by atoms with Crippen LogP contribution in [0.4, 0.5) is 5.69 Å². The Morgan fingerprint density at radius 2 is 1.55 bits per heavy atom. The molecule has 0 bridgehead atoms. The van der Waals surface area contributed by atoms with E-state index in [9.17, 15) is 0 Å². The summed E-state index contributed by atoms with van der Waals surface area (Å²) in [5.74, 6) is 5.67. The molecule has 0 radical (unpaired) electrons. The largest absolute Gasteiger partial charge is 0.366 e. The summed E-state index contributed by atoms with van der Waals surface area (Å²) in [5, 5.41) is 0. The van der Waals surface area contributed by atoms with Crippen LogP contribution in [-0.4, -0.2) is 18.2 Å². The molecular formula is C63H67NO. The van der Waals surface area contributed by atoms with Crippen molar-refractivity contribution in [3.63, 3.8) is 0 Å². The molecular weight excluding hydrogens is 787 g/mol. The zero-order chi connectivity index (χ0) is 42.6. The lowest BCUT2D eigenvalue weighted by atomic mass is 9.57. The zero-order valence-electron chi connectivity index (χ0n) is 38.4. The molecule has 2 fully saturated rings. The van der Waals surface area contributed by atoms with Gasteiger partial charge in [0, 0.05) is 28.6 Å². The maximum absolute atomic E-state index is 6.98. The van der Waals surface area contributed by atoms with E-state index in [2.05, 4.69) is 145 Å². The van der Waals surface area contributed by atoms with Crippen molar-refractivity contribution in [2.75, 3.05) is 4.90 Å². The van der Waals surface area contributed by atoms with E-state index in [1.807, 2.05) is 11.1 Å². The fraction of sp³-hybridized carbons (Fsp3) is 0.460. The first-order chi connectivity index (χ1) is 32.2. The number of hydrogen-bond acceptors (Lipinski definition) is 2. The summed E-state index contributed by atoms with van der Waals surface area (Å²) in [5.41, 5.74) is 17.6. The van der Waals surface area contributed by atoms with E-state index in [1.165, 1.54) is 98.6 Å². The van der Waals surface area contributed by atoms with Gasteiger partial charge in [-0.3, -0.25) is 0 Å². The van der Waals surface area contributed by atoms with Crippen LogP contribution in [0.2, 0.25) is 0 Å². The number of hydrogen-bond donors (Lipinski definition) is 0. The number of benzene rings is 2. The number of allylic oxidation sites excluding steroid dienone is 17. The molecule has 0 amide bonds. The first-order valence-electron chi connectivity index (χ1n) is 26.4. The van der Waals surface area contributed by atoms with Gasteiger partial charge in [-0.2, -0.15) is 0 Å². The summed E-state index contributed by atoms with van der Waals surface area (Å²) >= 11 is 0. The first-order valence-corrected chi connectivity index (χ1v) is 26.4. The molecule has 330 valence electrons. The monoisotopic (exact) mass is 854 g/mol. The lowest BCUT2D eigenvalue weighted by molar-refractivity contribution is 0.0667. The fourth-order valence-electron chi connectivity index (χ4n) is 16.9. The number of ether oxygens (including phenoxy) is 1. The van der Waals surface area contributed by atoms with E-state index in [0.717, 1.165) is 32.1 Å². The number of aryl methyl sites for hydroxylation is 2. The van der Waals surface area contributed by atoms with Gasteiger partial charge in [-0.05, 0) is 195 Å². The minimum Gasteiger partial charge on any atom is -0.366 e. The summed E-state index contributed by atoms with van der Waals surface area (Å²) in [6, 6.07) is 17.0. The Morgan fingerprint density at radius 3 is 2.48 bits per heavy atom. The molecule has 12 unspecified atom stereocenters. The lowest BCUT2D eigenvalue weighted by Crippen LogP contribution is -2.42. The van der Waals surface area contributed by atoms with Crippen molar-refractivity contribution in [1.82, 2.24) is 0 Å². The van der Waals surface area contributed by atoms with Crippen LogP contribution in [0.1, 0.15) is 101 Å². The molecule has 14 rings (SSSR count). The second-order valence-corrected chi connectivity index (χ2v) is 22.2. The molecule has 0 N–H and O–H groups in total. The molecule has 1 heterocycles. The van der Waals surface area contributed by atoms with Crippen LogP contribution in [0.15, 0.2) is 173 Å². The molecule has 2 aromatic carbocycles. The third-order valence-electron chi connectivity index (χ3n) is 19.5. The van der Waals surface area contributed by atoms with E-state index in [4.69, 9.17) is 4.74 Å². The maximum Gasteiger partial charge on any atom is 0.0833 e. The van der Waals surface area contributed by atoms with Crippen molar-refractivity contribution in [3.8, 4) is 11.1 Å². The van der Waals surface area contributed by atoms with Gasteiger partial charge in [0.05, 0.1) is 18.2 Å². The first kappa shape index (κ1) is 39.5. The maximum atomic E-state index is 6.98. The Balaban J connectivity index is 0.808. The van der Waals surface area contributed by atoms with Gasteiger partial charge in [-0.15, -0.1) is 0 Å². The van der Waals surface area contributed by atoms with E-state index in [1.54, 1.807) is 22.4 Å². The number of anilines is 1. The second kappa shape index (κ2) is 15.7. The van der Waals surface area contributed by atoms with E-state index in [-0.39, 0.29) is 11.5 Å². The molecule has 2 heteroatoms. The summed E-state index contributed by atoms with van der Waals surface area (Å²) < 4.78 is 6.98. The van der Waals surface area contributed by atoms with Crippen molar-refractivity contribution in [1.29, 1.82) is 0 Å². The highest BCUT2D eigenvalue weighted by molar-refractivity contribution is 5.76. The summed E-state index contributed by atoms with van der Waals surface area (Å²) in [6.45, 7) is 0. The lowest BCUT2D eigenvalue weighted by Gasteiger charge is -2.47. The van der Waals surface area contributed by atoms with E-state index < -0.39 is 0 Å². The average molecular weight is 854 g/mol. The van der Waals surface area contributed by atoms with E-state index >= 15 is 0 Å². The predicted octanol–water partition coefficient (Wildman–Crippen LogP) is 14.8. The highest BCUT2D eigenvalue weighted by atomic mass is 16.5. The molecule has 1 spiro atoms. The molecule has 13 atom stereocenters. The average Bonchev–Trinajstić information content (AvgIpc) is 4.01. The highest BCUT2D eigenvalue weighted by Gasteiger charge is 2.65. The van der Waals surface area contributed by atoms with Crippen LogP contribution in [0.5, 0.6) is 0 Å². The molecule has 0 aromatic heterocycles. The molecule has 65 heavy (non-hydrogen) atoms. The summed E-state index contributed by atoms with van der Waals surface area (Å²) in [7, 11) is 0. The van der Waals surface area contributed by atoms with Gasteiger partial charge >= 0.3 is 0 Å². The molecule has 1 saturated carbocycles. The van der Waals surface area contributed by atoms with Crippen LogP contribution >= 0.6 is 0 Å². The topological polar surface area (TPSA) is 12.5 Å². The molecule has 2 aromatic rings. The Kier molecular flexibility index (Phi) is 9.55. The fourth-order valence-corrected chi connectivity index (χ4v) is 16.9. The van der Waals surface area contributed by atoms with Crippen molar-refractivity contribution in [2.45, 2.75) is 121 Å². The Labute approximate surface area is 388 Å². The van der Waals surface area contributed by atoms with Gasteiger partial charge in [0.2, 0.25) is 0 Å². The Hall–Kier alpha value is -4.66. The van der Waals surface area contributed by atoms with Crippen LogP contribution in [0, 0.1) is 58.7 Å². The van der Waals surface area contributed by atoms with Gasteiger partial charge in [-0.25, -0.2) is 0 Å². The zero-order valence-corrected chi connectivity index (χ0v) is 38.4. The SMILES string of the molecule is C1=CCC2C(=C1)[C@@]1(C3=C(C=CC(N(C4=CCC(C5=CC6C(C=C5)OC5C(C7CC=CCC7)=CCCC56)CC4)c4ccc5c(c4)CCc4ccccc4-5)C3)C3C=CCCC31)C1CCC=CC21. The molecule has 2 nitrogen and oxygen atoms in total. The van der Waals surface area contributed by atoms with Crippen molar-refractivity contribution >= 4 is 5.69 Å². The Morgan fingerprint density at radius 1 is 0.662 bits per heavy atom. The highest BCUT2D eigenvalue weighted by Crippen LogP contribution is 2.73. The van der Waals surface area contributed by atoms with Crippen LogP contribution in [0.3, 0.4) is 0 Å². The number of fused-ring (bicyclic) bond motifs is 15. The van der Waals surface area contributed by atoms with Gasteiger partial charge < -0.3 is 9.64 Å². The Bertz CT molecular complexity index is 2650. The molecule has 1 saturated heterocycles. The number of nitrogens with zero attached hydrogens (tertiary/aromatic N) is 1. The molecule has 12 aliphatic rings. The quantitative estimate of drug-likeness (QED) is 0.278. The van der Waals surface area contributed by atoms with Gasteiger partial charge in [0.25, 0.3) is 0 Å². The van der Waals surface area contributed by atoms with Crippen LogP contribution < -0.4 is 4.90 Å². The molecule has 11 aliphatic carbocycles. The normalized spacial score (nSPS) is 39.0.